The molecule has 0 saturated carbocycles. The summed E-state index contributed by atoms with van der Waals surface area (Å²) in [5, 5.41) is 5.06. The van der Waals surface area contributed by atoms with E-state index in [0.717, 1.165) is 24.0 Å². The van der Waals surface area contributed by atoms with Crippen LogP contribution in [0.4, 0.5) is 11.6 Å². The number of amides is 2. The highest BCUT2D eigenvalue weighted by Crippen LogP contribution is 2.22. The number of nitrogens with one attached hydrogen (secondary N) is 2. The SMILES string of the molecule is CCc1cccc(CC)c1NC(=O)C(=O)Nc1ncccn1. The summed E-state index contributed by atoms with van der Waals surface area (Å²) < 4.78 is 0. The van der Waals surface area contributed by atoms with Gasteiger partial charge in [-0.1, -0.05) is 32.0 Å². The Morgan fingerprint density at radius 3 is 2.00 bits per heavy atom. The van der Waals surface area contributed by atoms with Crippen LogP contribution in [0, 0.1) is 0 Å². The van der Waals surface area contributed by atoms with Gasteiger partial charge in [0.15, 0.2) is 0 Å². The highest BCUT2D eigenvalue weighted by atomic mass is 16.2. The monoisotopic (exact) mass is 298 g/mol. The lowest BCUT2D eigenvalue weighted by Crippen LogP contribution is -2.30. The first-order chi connectivity index (χ1) is 10.7. The van der Waals surface area contributed by atoms with Gasteiger partial charge in [-0.15, -0.1) is 0 Å². The third-order valence-corrected chi connectivity index (χ3v) is 3.23. The van der Waals surface area contributed by atoms with Crippen LogP contribution in [0.5, 0.6) is 0 Å². The first-order valence-electron chi connectivity index (χ1n) is 7.15. The van der Waals surface area contributed by atoms with Crippen LogP contribution in [-0.4, -0.2) is 21.8 Å². The molecule has 0 fully saturated rings. The highest BCUT2D eigenvalue weighted by Gasteiger charge is 2.17. The standard InChI is InChI=1S/C16H18N4O2/c1-3-11-7-5-8-12(4-2)13(11)19-14(21)15(22)20-16-17-9-6-10-18-16/h5-10H,3-4H2,1-2H3,(H,19,21)(H,17,18,20,22). The molecule has 0 unspecified atom stereocenters. The molecule has 0 aliphatic rings. The number of rotatable bonds is 4. The van der Waals surface area contributed by atoms with Crippen LogP contribution in [0.1, 0.15) is 25.0 Å². The summed E-state index contributed by atoms with van der Waals surface area (Å²) >= 11 is 0. The predicted octanol–water partition coefficient (Wildman–Crippen LogP) is 2.18. The Balaban J connectivity index is 2.13. The van der Waals surface area contributed by atoms with Gasteiger partial charge in [0.1, 0.15) is 0 Å². The summed E-state index contributed by atoms with van der Waals surface area (Å²) in [6, 6.07) is 7.45. The largest absolute Gasteiger partial charge is 0.317 e. The van der Waals surface area contributed by atoms with Gasteiger partial charge in [-0.25, -0.2) is 9.97 Å². The smallest absolute Gasteiger partial charge is 0.316 e. The quantitative estimate of drug-likeness (QED) is 0.847. The Morgan fingerprint density at radius 2 is 1.45 bits per heavy atom. The molecule has 2 N–H and O–H groups in total. The molecule has 2 amide bonds. The zero-order valence-electron chi connectivity index (χ0n) is 12.6. The molecule has 114 valence electrons. The van der Waals surface area contributed by atoms with Crippen LogP contribution in [0.15, 0.2) is 36.7 Å². The molecule has 6 heteroatoms. The van der Waals surface area contributed by atoms with E-state index in [1.165, 1.54) is 12.4 Å². The van der Waals surface area contributed by atoms with Crippen molar-refractivity contribution in [2.24, 2.45) is 0 Å². The third kappa shape index (κ3) is 3.66. The number of hydrogen-bond acceptors (Lipinski definition) is 4. The van der Waals surface area contributed by atoms with Gasteiger partial charge in [-0.05, 0) is 30.0 Å². The Bertz CT molecular complexity index is 649. The van der Waals surface area contributed by atoms with E-state index >= 15 is 0 Å². The topological polar surface area (TPSA) is 84.0 Å². The van der Waals surface area contributed by atoms with Crippen molar-refractivity contribution < 1.29 is 9.59 Å². The third-order valence-electron chi connectivity index (χ3n) is 3.23. The van der Waals surface area contributed by atoms with Gasteiger partial charge in [0, 0.05) is 18.1 Å². The van der Waals surface area contributed by atoms with Crippen LogP contribution in [-0.2, 0) is 22.4 Å². The van der Waals surface area contributed by atoms with E-state index in [2.05, 4.69) is 20.6 Å². The highest BCUT2D eigenvalue weighted by molar-refractivity contribution is 6.43. The van der Waals surface area contributed by atoms with Crippen molar-refractivity contribution in [3.8, 4) is 0 Å². The van der Waals surface area contributed by atoms with E-state index in [1.807, 2.05) is 32.0 Å². The molecule has 0 atom stereocenters. The Morgan fingerprint density at radius 1 is 0.909 bits per heavy atom. The maximum Gasteiger partial charge on any atom is 0.316 e. The van der Waals surface area contributed by atoms with Crippen LogP contribution in [0.2, 0.25) is 0 Å². The summed E-state index contributed by atoms with van der Waals surface area (Å²) in [6.45, 7) is 4.00. The van der Waals surface area contributed by atoms with E-state index in [-0.39, 0.29) is 5.95 Å². The number of aromatic nitrogens is 2. The summed E-state index contributed by atoms with van der Waals surface area (Å²) in [5.41, 5.74) is 2.70. The number of aryl methyl sites for hydroxylation is 2. The molecule has 0 aliphatic heterocycles. The Kier molecular flexibility index (Phi) is 5.19. The van der Waals surface area contributed by atoms with Crippen LogP contribution in [0.25, 0.3) is 0 Å². The second-order valence-corrected chi connectivity index (χ2v) is 4.64. The molecule has 6 nitrogen and oxygen atoms in total. The number of anilines is 2. The average molecular weight is 298 g/mol. The summed E-state index contributed by atoms with van der Waals surface area (Å²) in [5.74, 6) is -1.43. The zero-order chi connectivity index (χ0) is 15.9. The normalized spacial score (nSPS) is 10.1. The number of carbonyl (C=O) groups excluding carboxylic acids is 2. The van der Waals surface area contributed by atoms with Gasteiger partial charge < -0.3 is 5.32 Å². The fourth-order valence-corrected chi connectivity index (χ4v) is 2.10. The molecule has 0 radical (unpaired) electrons. The van der Waals surface area contributed by atoms with Crippen molar-refractivity contribution in [1.29, 1.82) is 0 Å². The minimum Gasteiger partial charge on any atom is -0.317 e. The summed E-state index contributed by atoms with van der Waals surface area (Å²) in [4.78, 5) is 31.7. The second kappa shape index (κ2) is 7.31. The first kappa shape index (κ1) is 15.6. The summed E-state index contributed by atoms with van der Waals surface area (Å²) in [7, 11) is 0. The minimum atomic E-state index is -0.792. The van der Waals surface area contributed by atoms with E-state index in [9.17, 15) is 9.59 Å². The van der Waals surface area contributed by atoms with Gasteiger partial charge in [0.2, 0.25) is 5.95 Å². The average Bonchev–Trinajstić information content (AvgIpc) is 2.55. The van der Waals surface area contributed by atoms with Crippen molar-refractivity contribution in [2.75, 3.05) is 10.6 Å². The predicted molar refractivity (Wildman–Crippen MR) is 84.5 cm³/mol. The molecule has 0 aliphatic carbocycles. The first-order valence-corrected chi connectivity index (χ1v) is 7.15. The van der Waals surface area contributed by atoms with Gasteiger partial charge in [-0.3, -0.25) is 14.9 Å². The lowest BCUT2D eigenvalue weighted by atomic mass is 10.0. The minimum absolute atomic E-state index is 0.0992. The number of carbonyl (C=O) groups is 2. The molecule has 1 heterocycles. The van der Waals surface area contributed by atoms with Gasteiger partial charge in [0.05, 0.1) is 0 Å². The molecule has 0 saturated heterocycles. The lowest BCUT2D eigenvalue weighted by Gasteiger charge is -2.13. The van der Waals surface area contributed by atoms with E-state index in [4.69, 9.17) is 0 Å². The number of hydrogen-bond donors (Lipinski definition) is 2. The van der Waals surface area contributed by atoms with Crippen LogP contribution >= 0.6 is 0 Å². The fraction of sp³-hybridized carbons (Fsp3) is 0.250. The molecule has 2 rings (SSSR count). The molecular formula is C16H18N4O2. The van der Waals surface area contributed by atoms with Crippen molar-refractivity contribution in [2.45, 2.75) is 26.7 Å². The second-order valence-electron chi connectivity index (χ2n) is 4.64. The van der Waals surface area contributed by atoms with Gasteiger partial charge >= 0.3 is 11.8 Å². The maximum absolute atomic E-state index is 12.1. The van der Waals surface area contributed by atoms with Gasteiger partial charge in [0.25, 0.3) is 0 Å². The molecule has 1 aromatic heterocycles. The van der Waals surface area contributed by atoms with Crippen molar-refractivity contribution in [3.05, 3.63) is 47.8 Å². The van der Waals surface area contributed by atoms with Crippen LogP contribution < -0.4 is 10.6 Å². The van der Waals surface area contributed by atoms with E-state index in [1.54, 1.807) is 6.07 Å². The molecule has 0 bridgehead atoms. The maximum atomic E-state index is 12.1. The number of benzene rings is 1. The molecule has 1 aromatic carbocycles. The molecule has 2 aromatic rings. The molecule has 0 spiro atoms. The number of para-hydroxylation sites is 1. The van der Waals surface area contributed by atoms with Crippen molar-refractivity contribution >= 4 is 23.5 Å². The molecular weight excluding hydrogens is 280 g/mol. The van der Waals surface area contributed by atoms with Crippen molar-refractivity contribution in [3.63, 3.8) is 0 Å². The van der Waals surface area contributed by atoms with Crippen LogP contribution in [0.3, 0.4) is 0 Å². The Labute approximate surface area is 129 Å². The fourth-order valence-electron chi connectivity index (χ4n) is 2.10. The van der Waals surface area contributed by atoms with E-state index < -0.39 is 11.8 Å². The number of nitrogens with zero attached hydrogens (tertiary/aromatic N) is 2. The Hall–Kier alpha value is -2.76. The zero-order valence-corrected chi connectivity index (χ0v) is 12.6. The van der Waals surface area contributed by atoms with E-state index in [0.29, 0.717) is 5.69 Å². The lowest BCUT2D eigenvalue weighted by molar-refractivity contribution is -0.133. The summed E-state index contributed by atoms with van der Waals surface area (Å²) in [6.07, 6.45) is 4.52. The van der Waals surface area contributed by atoms with Gasteiger partial charge in [-0.2, -0.15) is 0 Å². The van der Waals surface area contributed by atoms with Crippen molar-refractivity contribution in [1.82, 2.24) is 9.97 Å². The molecule has 22 heavy (non-hydrogen) atoms.